The van der Waals surface area contributed by atoms with Crippen LogP contribution in [0, 0.1) is 0 Å². The molecule has 0 bridgehead atoms. The molecule has 1 aliphatic rings. The fraction of sp³-hybridized carbons (Fsp3) is 0.467. The van der Waals surface area contributed by atoms with Crippen LogP contribution in [0.3, 0.4) is 0 Å². The van der Waals surface area contributed by atoms with Crippen molar-refractivity contribution in [1.82, 2.24) is 16.0 Å². The molecule has 0 radical (unpaired) electrons. The molecule has 0 unspecified atom stereocenters. The fourth-order valence-electron chi connectivity index (χ4n) is 2.23. The summed E-state index contributed by atoms with van der Waals surface area (Å²) in [6.45, 7) is 3.64. The van der Waals surface area contributed by atoms with Crippen LogP contribution in [0.4, 0.5) is 10.5 Å². The van der Waals surface area contributed by atoms with Gasteiger partial charge in [0, 0.05) is 45.5 Å². The van der Waals surface area contributed by atoms with Crippen molar-refractivity contribution < 1.29 is 14.3 Å². The molecule has 0 saturated carbocycles. The Bertz CT molecular complexity index is 572. The summed E-state index contributed by atoms with van der Waals surface area (Å²) in [6.07, 6.45) is 0. The Hall–Kier alpha value is -1.54. The summed E-state index contributed by atoms with van der Waals surface area (Å²) in [6, 6.07) is 4.84. The zero-order valence-electron chi connectivity index (χ0n) is 13.4. The van der Waals surface area contributed by atoms with Gasteiger partial charge in [0.15, 0.2) is 0 Å². The van der Waals surface area contributed by atoms with E-state index in [9.17, 15) is 9.59 Å². The predicted octanol–water partition coefficient (Wildman–Crippen LogP) is 1.26. The molecule has 1 aliphatic heterocycles. The number of nitrogens with one attached hydrogen (secondary N) is 3. The number of urea groups is 1. The van der Waals surface area contributed by atoms with Crippen LogP contribution in [0.2, 0.25) is 5.02 Å². The monoisotopic (exact) mass is 376 g/mol. The van der Waals surface area contributed by atoms with Crippen molar-refractivity contribution in [3.8, 4) is 0 Å². The van der Waals surface area contributed by atoms with Crippen LogP contribution in [-0.4, -0.2) is 58.4 Å². The number of rotatable bonds is 8. The van der Waals surface area contributed by atoms with Crippen LogP contribution in [0.25, 0.3) is 0 Å². The first-order valence-corrected chi connectivity index (χ1v) is 7.84. The number of amides is 3. The Balaban J connectivity index is 0.00000288. The van der Waals surface area contributed by atoms with E-state index >= 15 is 0 Å². The van der Waals surface area contributed by atoms with Gasteiger partial charge in [0.05, 0.1) is 17.2 Å². The van der Waals surface area contributed by atoms with Gasteiger partial charge in [-0.1, -0.05) is 11.6 Å². The number of hydrogen-bond acceptors (Lipinski definition) is 4. The Morgan fingerprint density at radius 2 is 2.17 bits per heavy atom. The second-order valence-electron chi connectivity index (χ2n) is 5.05. The van der Waals surface area contributed by atoms with E-state index < -0.39 is 0 Å². The third kappa shape index (κ3) is 5.52. The smallest absolute Gasteiger partial charge is 0.321 e. The van der Waals surface area contributed by atoms with E-state index in [-0.39, 0.29) is 24.3 Å². The van der Waals surface area contributed by atoms with Crippen LogP contribution < -0.4 is 20.9 Å². The maximum absolute atomic E-state index is 12.2. The molecule has 1 aromatic rings. The zero-order valence-corrected chi connectivity index (χ0v) is 15.0. The fourth-order valence-corrected chi connectivity index (χ4v) is 2.44. The average molecular weight is 377 g/mol. The number of nitrogens with zero attached hydrogens (tertiary/aromatic N) is 1. The van der Waals surface area contributed by atoms with E-state index in [1.54, 1.807) is 30.2 Å². The zero-order chi connectivity index (χ0) is 16.7. The molecule has 1 saturated heterocycles. The maximum Gasteiger partial charge on any atom is 0.321 e. The largest absolute Gasteiger partial charge is 0.383 e. The Labute approximate surface area is 152 Å². The number of halogens is 2. The van der Waals surface area contributed by atoms with Crippen LogP contribution in [0.5, 0.6) is 0 Å². The average Bonchev–Trinajstić information content (AvgIpc) is 2.97. The molecule has 1 fully saturated rings. The van der Waals surface area contributed by atoms with Gasteiger partial charge in [0.1, 0.15) is 0 Å². The minimum absolute atomic E-state index is 0. The van der Waals surface area contributed by atoms with E-state index in [1.807, 2.05) is 0 Å². The van der Waals surface area contributed by atoms with Gasteiger partial charge in [-0.25, -0.2) is 4.79 Å². The summed E-state index contributed by atoms with van der Waals surface area (Å²) < 4.78 is 4.92. The highest BCUT2D eigenvalue weighted by Gasteiger charge is 2.22. The Morgan fingerprint density at radius 3 is 2.83 bits per heavy atom. The standard InChI is InChI=1S/C15H21ClN4O3.ClH/c1-23-9-7-17-4-5-18-14(21)12-10-11(2-3-13(12)16)20-8-6-19-15(20)22;/h2-3,10,17H,4-9H2,1H3,(H,18,21)(H,19,22);1H. The van der Waals surface area contributed by atoms with Gasteiger partial charge in [0.25, 0.3) is 5.91 Å². The number of carbonyl (C=O) groups is 2. The molecule has 24 heavy (non-hydrogen) atoms. The van der Waals surface area contributed by atoms with E-state index in [0.29, 0.717) is 49.1 Å². The molecule has 1 aromatic carbocycles. The van der Waals surface area contributed by atoms with Crippen LogP contribution in [0.1, 0.15) is 10.4 Å². The normalized spacial score (nSPS) is 13.4. The van der Waals surface area contributed by atoms with Gasteiger partial charge in [0.2, 0.25) is 0 Å². The number of ether oxygens (including phenoxy) is 1. The third-order valence-corrected chi connectivity index (χ3v) is 3.76. The quantitative estimate of drug-likeness (QED) is 0.596. The van der Waals surface area contributed by atoms with Crippen molar-refractivity contribution in [2.24, 2.45) is 0 Å². The van der Waals surface area contributed by atoms with E-state index in [0.717, 1.165) is 6.54 Å². The minimum atomic E-state index is -0.259. The molecule has 3 N–H and O–H groups in total. The molecule has 0 aromatic heterocycles. The van der Waals surface area contributed by atoms with Crippen molar-refractivity contribution in [2.75, 3.05) is 51.3 Å². The lowest BCUT2D eigenvalue weighted by Gasteiger charge is -2.16. The second-order valence-corrected chi connectivity index (χ2v) is 5.45. The summed E-state index contributed by atoms with van der Waals surface area (Å²) in [4.78, 5) is 25.5. The molecule has 0 atom stereocenters. The summed E-state index contributed by atoms with van der Waals surface area (Å²) in [7, 11) is 1.64. The molecule has 1 heterocycles. The second kappa shape index (κ2) is 10.4. The SMILES string of the molecule is COCCNCCNC(=O)c1cc(N2CCNC2=O)ccc1Cl.Cl. The van der Waals surface area contributed by atoms with Gasteiger partial charge in [-0.3, -0.25) is 9.69 Å². The molecule has 9 heteroatoms. The van der Waals surface area contributed by atoms with Crippen LogP contribution >= 0.6 is 24.0 Å². The van der Waals surface area contributed by atoms with E-state index in [4.69, 9.17) is 16.3 Å². The van der Waals surface area contributed by atoms with Crippen molar-refractivity contribution in [1.29, 1.82) is 0 Å². The predicted molar refractivity (Wildman–Crippen MR) is 96.5 cm³/mol. The highest BCUT2D eigenvalue weighted by atomic mass is 35.5. The molecule has 2 rings (SSSR count). The summed E-state index contributed by atoms with van der Waals surface area (Å²) in [5, 5.41) is 9.02. The minimum Gasteiger partial charge on any atom is -0.383 e. The molecular formula is C15H22Cl2N4O3. The molecule has 134 valence electrons. The number of anilines is 1. The molecule has 3 amide bonds. The van der Waals surface area contributed by atoms with E-state index in [1.165, 1.54) is 0 Å². The summed E-state index contributed by atoms with van der Waals surface area (Å²) in [5.74, 6) is -0.259. The lowest BCUT2D eigenvalue weighted by atomic mass is 10.1. The molecule has 0 aliphatic carbocycles. The Morgan fingerprint density at radius 1 is 1.38 bits per heavy atom. The number of hydrogen-bond donors (Lipinski definition) is 3. The van der Waals surface area contributed by atoms with Crippen molar-refractivity contribution in [3.05, 3.63) is 28.8 Å². The number of carbonyl (C=O) groups excluding carboxylic acids is 2. The topological polar surface area (TPSA) is 82.7 Å². The van der Waals surface area contributed by atoms with E-state index in [2.05, 4.69) is 16.0 Å². The number of methoxy groups -OCH3 is 1. The molecule has 0 spiro atoms. The van der Waals surface area contributed by atoms with Crippen molar-refractivity contribution in [2.45, 2.75) is 0 Å². The van der Waals surface area contributed by atoms with Gasteiger partial charge in [-0.15, -0.1) is 12.4 Å². The first-order valence-electron chi connectivity index (χ1n) is 7.46. The third-order valence-electron chi connectivity index (χ3n) is 3.43. The lowest BCUT2D eigenvalue weighted by Crippen LogP contribution is -2.33. The van der Waals surface area contributed by atoms with Crippen molar-refractivity contribution >= 4 is 41.6 Å². The van der Waals surface area contributed by atoms with Gasteiger partial charge >= 0.3 is 6.03 Å². The summed E-state index contributed by atoms with van der Waals surface area (Å²) in [5.41, 5.74) is 1.02. The maximum atomic E-state index is 12.2. The van der Waals surface area contributed by atoms with Gasteiger partial charge < -0.3 is 20.7 Å². The highest BCUT2D eigenvalue weighted by Crippen LogP contribution is 2.24. The first kappa shape index (κ1) is 20.5. The van der Waals surface area contributed by atoms with Crippen LogP contribution in [0.15, 0.2) is 18.2 Å². The van der Waals surface area contributed by atoms with Crippen LogP contribution in [-0.2, 0) is 4.74 Å². The highest BCUT2D eigenvalue weighted by molar-refractivity contribution is 6.34. The number of benzene rings is 1. The molecule has 7 nitrogen and oxygen atoms in total. The summed E-state index contributed by atoms with van der Waals surface area (Å²) >= 11 is 6.10. The van der Waals surface area contributed by atoms with Gasteiger partial charge in [-0.2, -0.15) is 0 Å². The first-order chi connectivity index (χ1) is 11.1. The lowest BCUT2D eigenvalue weighted by molar-refractivity contribution is 0.0954. The Kier molecular flexibility index (Phi) is 8.84. The van der Waals surface area contributed by atoms with Crippen molar-refractivity contribution in [3.63, 3.8) is 0 Å². The molecular weight excluding hydrogens is 355 g/mol. The van der Waals surface area contributed by atoms with Gasteiger partial charge in [-0.05, 0) is 18.2 Å².